The summed E-state index contributed by atoms with van der Waals surface area (Å²) in [5, 5.41) is 6.88. The molecule has 244 valence electrons. The van der Waals surface area contributed by atoms with E-state index >= 15 is 0 Å². The van der Waals surface area contributed by atoms with Gasteiger partial charge in [0, 0.05) is 68.2 Å². The van der Waals surface area contributed by atoms with Crippen molar-refractivity contribution < 1.29 is 46.6 Å². The minimum Gasteiger partial charge on any atom is -0.354 e. The molecule has 4 amide bonds. The van der Waals surface area contributed by atoms with Gasteiger partial charge in [0.05, 0.1) is 11.0 Å². The molecule has 1 saturated heterocycles. The smallest absolute Gasteiger partial charge is 0.333 e. The first kappa shape index (κ1) is 34.1. The maximum Gasteiger partial charge on any atom is 0.333 e. The summed E-state index contributed by atoms with van der Waals surface area (Å²) in [5.41, 5.74) is 2.18. The number of amides is 4. The van der Waals surface area contributed by atoms with E-state index < -0.39 is 51.5 Å². The highest BCUT2D eigenvalue weighted by molar-refractivity contribution is 7.85. The van der Waals surface area contributed by atoms with Crippen molar-refractivity contribution in [1.29, 1.82) is 0 Å². The zero-order valence-corrected chi connectivity index (χ0v) is 25.6. The number of hydrogen-bond acceptors (Lipinski definition) is 11. The van der Waals surface area contributed by atoms with Crippen molar-refractivity contribution in [2.45, 2.75) is 63.8 Å². The summed E-state index contributed by atoms with van der Waals surface area (Å²) in [7, 11) is -4.64. The van der Waals surface area contributed by atoms with E-state index in [1.165, 1.54) is 0 Å². The third kappa shape index (κ3) is 9.58. The zero-order chi connectivity index (χ0) is 33.3. The Morgan fingerprint density at radius 2 is 1.65 bits per heavy atom. The van der Waals surface area contributed by atoms with Crippen LogP contribution in [0.5, 0.6) is 0 Å². The van der Waals surface area contributed by atoms with Gasteiger partial charge in [-0.15, -0.1) is 5.06 Å². The van der Waals surface area contributed by atoms with Crippen LogP contribution in [0.2, 0.25) is 0 Å². The van der Waals surface area contributed by atoms with Crippen LogP contribution in [-0.4, -0.2) is 81.7 Å². The van der Waals surface area contributed by atoms with Crippen LogP contribution in [0.4, 0.5) is 0 Å². The number of imide groups is 1. The van der Waals surface area contributed by atoms with E-state index in [0.29, 0.717) is 10.6 Å². The SMILES string of the molecule is O=C(CCCC(=O)NC(CS(=O)(=O)O)C(=O)NCCCCC(=O)ON1C(=O)CCC1=O)Cc1ccnc2c1ccc1cccnc12. The number of hydrogen-bond donors (Lipinski definition) is 3. The van der Waals surface area contributed by atoms with Crippen molar-refractivity contribution in [3.8, 4) is 0 Å². The summed E-state index contributed by atoms with van der Waals surface area (Å²) in [6.45, 7) is -0.00438. The van der Waals surface area contributed by atoms with Crippen LogP contribution in [0, 0.1) is 0 Å². The van der Waals surface area contributed by atoms with Gasteiger partial charge in [0.15, 0.2) is 0 Å². The van der Waals surface area contributed by atoms with Crippen LogP contribution in [0.1, 0.15) is 56.9 Å². The van der Waals surface area contributed by atoms with E-state index in [-0.39, 0.29) is 70.1 Å². The first-order valence-electron chi connectivity index (χ1n) is 14.6. The van der Waals surface area contributed by atoms with Crippen molar-refractivity contribution in [3.05, 3.63) is 48.3 Å². The molecule has 1 aliphatic rings. The number of hydroxylamine groups is 2. The van der Waals surface area contributed by atoms with Crippen molar-refractivity contribution in [1.82, 2.24) is 25.7 Å². The number of carbonyl (C=O) groups is 6. The summed E-state index contributed by atoms with van der Waals surface area (Å²) in [5.74, 6) is -4.75. The molecule has 16 heteroatoms. The maximum atomic E-state index is 12.7. The molecular weight excluding hydrogens is 622 g/mol. The Morgan fingerprint density at radius 3 is 2.39 bits per heavy atom. The Kier molecular flexibility index (Phi) is 11.4. The fraction of sp³-hybridized carbons (Fsp3) is 0.400. The lowest BCUT2D eigenvalue weighted by atomic mass is 10.00. The van der Waals surface area contributed by atoms with E-state index in [9.17, 15) is 41.7 Å². The lowest BCUT2D eigenvalue weighted by Crippen LogP contribution is -2.50. The number of nitrogens with one attached hydrogen (secondary N) is 2. The molecule has 4 rings (SSSR count). The average molecular weight is 656 g/mol. The first-order valence-corrected chi connectivity index (χ1v) is 16.2. The summed E-state index contributed by atoms with van der Waals surface area (Å²) in [4.78, 5) is 86.3. The molecular formula is C30H33N5O10S. The minimum absolute atomic E-state index is 0.00438. The minimum atomic E-state index is -4.64. The van der Waals surface area contributed by atoms with Crippen LogP contribution in [0.3, 0.4) is 0 Å². The van der Waals surface area contributed by atoms with Crippen LogP contribution in [0.25, 0.3) is 21.8 Å². The van der Waals surface area contributed by atoms with Gasteiger partial charge < -0.3 is 15.5 Å². The summed E-state index contributed by atoms with van der Waals surface area (Å²) in [6.07, 6.45) is 3.67. The molecule has 2 aromatic heterocycles. The maximum absolute atomic E-state index is 12.7. The van der Waals surface area contributed by atoms with Crippen LogP contribution in [-0.2, 0) is 50.1 Å². The second-order valence-corrected chi connectivity index (χ2v) is 12.2. The fourth-order valence-corrected chi connectivity index (χ4v) is 5.56. The molecule has 1 unspecified atom stereocenters. The van der Waals surface area contributed by atoms with Crippen molar-refractivity contribution in [2.75, 3.05) is 12.3 Å². The number of fused-ring (bicyclic) bond motifs is 3. The molecule has 0 saturated carbocycles. The molecule has 0 bridgehead atoms. The van der Waals surface area contributed by atoms with Gasteiger partial charge >= 0.3 is 5.97 Å². The highest BCUT2D eigenvalue weighted by Gasteiger charge is 2.32. The Bertz CT molecular complexity index is 1760. The second-order valence-electron chi connectivity index (χ2n) is 10.7. The van der Waals surface area contributed by atoms with Crippen LogP contribution >= 0.6 is 0 Å². The number of Topliss-reactive ketones (excluding diaryl/α,β-unsaturated/α-hetero) is 1. The van der Waals surface area contributed by atoms with Gasteiger partial charge in [0.2, 0.25) is 11.8 Å². The highest BCUT2D eigenvalue weighted by Crippen LogP contribution is 2.25. The number of benzene rings is 1. The van der Waals surface area contributed by atoms with Gasteiger partial charge in [-0.2, -0.15) is 8.42 Å². The van der Waals surface area contributed by atoms with Crippen LogP contribution in [0.15, 0.2) is 42.7 Å². The Hall–Kier alpha value is -4.83. The van der Waals surface area contributed by atoms with E-state index in [4.69, 9.17) is 4.84 Å². The number of ketones is 1. The zero-order valence-electron chi connectivity index (χ0n) is 24.8. The summed E-state index contributed by atoms with van der Waals surface area (Å²) >= 11 is 0. The van der Waals surface area contributed by atoms with E-state index in [1.54, 1.807) is 18.5 Å². The predicted octanol–water partition coefficient (Wildman–Crippen LogP) is 1.33. The average Bonchev–Trinajstić information content (AvgIpc) is 3.32. The summed E-state index contributed by atoms with van der Waals surface area (Å²) in [6, 6.07) is 7.70. The molecule has 3 heterocycles. The monoisotopic (exact) mass is 655 g/mol. The predicted molar refractivity (Wildman–Crippen MR) is 162 cm³/mol. The van der Waals surface area contributed by atoms with Gasteiger partial charge in [0.1, 0.15) is 17.6 Å². The number of unbranched alkanes of at least 4 members (excludes halogenated alkanes) is 1. The molecule has 1 atom stereocenters. The lowest BCUT2D eigenvalue weighted by Gasteiger charge is -2.17. The molecule has 0 aliphatic carbocycles. The van der Waals surface area contributed by atoms with Gasteiger partial charge in [0.25, 0.3) is 21.9 Å². The molecule has 1 aliphatic heterocycles. The van der Waals surface area contributed by atoms with Crippen LogP contribution < -0.4 is 10.6 Å². The Labute approximate surface area is 263 Å². The second kappa shape index (κ2) is 15.4. The number of rotatable bonds is 16. The molecule has 3 N–H and O–H groups in total. The third-order valence-electron chi connectivity index (χ3n) is 7.16. The number of nitrogens with zero attached hydrogens (tertiary/aromatic N) is 3. The molecule has 0 spiro atoms. The van der Waals surface area contributed by atoms with E-state index in [0.717, 1.165) is 21.9 Å². The Morgan fingerprint density at radius 1 is 0.913 bits per heavy atom. The van der Waals surface area contributed by atoms with E-state index in [1.807, 2.05) is 24.3 Å². The largest absolute Gasteiger partial charge is 0.354 e. The lowest BCUT2D eigenvalue weighted by molar-refractivity contribution is -0.197. The molecule has 3 aromatic rings. The number of aromatic nitrogens is 2. The molecule has 0 radical (unpaired) electrons. The molecule has 1 fully saturated rings. The quantitative estimate of drug-likeness (QED) is 0.0861. The standard InChI is InChI=1S/C30H33N5O10S/c36-21(17-20-13-16-32-29-22(20)10-9-19-5-4-15-31-28(19)29)6-3-7-24(37)34-23(18-46(42,43)44)30(41)33-14-2-1-8-27(40)45-35-25(38)11-12-26(35)39/h4-5,9-10,13,15-16,23H,1-3,6-8,11-12,14,17-18H2,(H,33,41)(H,34,37)(H,42,43,44). The van der Waals surface area contributed by atoms with Gasteiger partial charge in [-0.3, -0.25) is 38.5 Å². The van der Waals surface area contributed by atoms with Crippen molar-refractivity contribution >= 4 is 67.3 Å². The van der Waals surface area contributed by atoms with Crippen molar-refractivity contribution in [2.24, 2.45) is 0 Å². The Balaban J connectivity index is 1.20. The van der Waals surface area contributed by atoms with Crippen molar-refractivity contribution in [3.63, 3.8) is 0 Å². The third-order valence-corrected chi connectivity index (χ3v) is 7.91. The topological polar surface area (TPSA) is 219 Å². The number of carbonyl (C=O) groups excluding carboxylic acids is 6. The molecule has 46 heavy (non-hydrogen) atoms. The number of pyridine rings is 2. The fourth-order valence-electron chi connectivity index (χ4n) is 4.91. The summed E-state index contributed by atoms with van der Waals surface area (Å²) < 4.78 is 32.2. The normalized spacial score (nSPS) is 14.0. The first-order chi connectivity index (χ1) is 21.9. The van der Waals surface area contributed by atoms with E-state index in [2.05, 4.69) is 20.6 Å². The van der Waals surface area contributed by atoms with Gasteiger partial charge in [-0.25, -0.2) is 4.79 Å². The van der Waals surface area contributed by atoms with Gasteiger partial charge in [-0.05, 0) is 37.0 Å². The van der Waals surface area contributed by atoms with Gasteiger partial charge in [-0.1, -0.05) is 18.2 Å². The highest BCUT2D eigenvalue weighted by atomic mass is 32.2. The molecule has 1 aromatic carbocycles. The molecule has 15 nitrogen and oxygen atoms in total.